The molecule has 1 N–H and O–H groups in total. The summed E-state index contributed by atoms with van der Waals surface area (Å²) in [6.45, 7) is 2.41. The topological polar surface area (TPSA) is 66.8 Å². The second kappa shape index (κ2) is 8.37. The van der Waals surface area contributed by atoms with E-state index in [0.29, 0.717) is 12.3 Å². The van der Waals surface area contributed by atoms with Crippen LogP contribution in [0.4, 0.5) is 0 Å². The molecule has 0 aromatic heterocycles. The van der Waals surface area contributed by atoms with Crippen molar-refractivity contribution < 1.29 is 19.4 Å². The minimum absolute atomic E-state index is 0.237. The van der Waals surface area contributed by atoms with Gasteiger partial charge in [0.25, 0.3) is 0 Å². The van der Waals surface area contributed by atoms with Gasteiger partial charge in [-0.1, -0.05) is 0 Å². The predicted octanol–water partition coefficient (Wildman–Crippen LogP) is 2.44. The summed E-state index contributed by atoms with van der Waals surface area (Å²) < 4.78 is 5.66. The molecule has 2 aliphatic rings. The second-order valence-corrected chi connectivity index (χ2v) is 6.28. The number of piperidine rings is 1. The van der Waals surface area contributed by atoms with Gasteiger partial charge in [0.1, 0.15) is 0 Å². The van der Waals surface area contributed by atoms with Crippen LogP contribution in [0.2, 0.25) is 0 Å². The molecule has 5 heteroatoms. The van der Waals surface area contributed by atoms with Crippen molar-refractivity contribution in [2.24, 2.45) is 5.92 Å². The first-order valence-electron chi connectivity index (χ1n) is 8.26. The lowest BCUT2D eigenvalue weighted by atomic mass is 9.92. The number of carboxylic acid groups (broad SMARTS) is 1. The zero-order chi connectivity index (χ0) is 15.1. The van der Waals surface area contributed by atoms with Gasteiger partial charge in [0.05, 0.1) is 6.10 Å². The summed E-state index contributed by atoms with van der Waals surface area (Å²) in [5, 5.41) is 8.70. The number of aliphatic carboxylic acids is 1. The maximum Gasteiger partial charge on any atom is 0.303 e. The number of nitrogens with zero attached hydrogens (tertiary/aromatic N) is 1. The maximum absolute atomic E-state index is 12.2. The van der Waals surface area contributed by atoms with Gasteiger partial charge in [-0.25, -0.2) is 0 Å². The second-order valence-electron chi connectivity index (χ2n) is 6.28. The van der Waals surface area contributed by atoms with Gasteiger partial charge in [-0.3, -0.25) is 9.59 Å². The minimum Gasteiger partial charge on any atom is -0.481 e. The number of hydrogen-bond acceptors (Lipinski definition) is 3. The van der Waals surface area contributed by atoms with Crippen molar-refractivity contribution >= 4 is 11.9 Å². The number of hydrogen-bond donors (Lipinski definition) is 1. The van der Waals surface area contributed by atoms with Crippen LogP contribution >= 0.6 is 0 Å². The molecule has 2 aliphatic heterocycles. The number of carbonyl (C=O) groups excluding carboxylic acids is 1. The third-order valence-electron chi connectivity index (χ3n) is 4.69. The molecule has 2 rings (SSSR count). The fraction of sp³-hybridized carbons (Fsp3) is 0.875. The van der Waals surface area contributed by atoms with Gasteiger partial charge in [0, 0.05) is 32.5 Å². The van der Waals surface area contributed by atoms with E-state index < -0.39 is 5.97 Å². The van der Waals surface area contributed by atoms with E-state index in [1.54, 1.807) is 0 Å². The Morgan fingerprint density at radius 3 is 2.43 bits per heavy atom. The first kappa shape index (κ1) is 16.3. The molecule has 2 fully saturated rings. The van der Waals surface area contributed by atoms with Gasteiger partial charge >= 0.3 is 5.97 Å². The molecule has 120 valence electrons. The first-order valence-corrected chi connectivity index (χ1v) is 8.26. The SMILES string of the molecule is O=C(O)CCC1CCN(C(=O)CCC2CCCCO2)CC1. The molecule has 0 aromatic carbocycles. The molecule has 5 nitrogen and oxygen atoms in total. The fourth-order valence-electron chi connectivity index (χ4n) is 3.28. The Balaban J connectivity index is 1.62. The highest BCUT2D eigenvalue weighted by Gasteiger charge is 2.24. The number of ether oxygens (including phenoxy) is 1. The van der Waals surface area contributed by atoms with Gasteiger partial charge in [-0.2, -0.15) is 0 Å². The Bertz CT molecular complexity index is 344. The first-order chi connectivity index (χ1) is 10.1. The van der Waals surface area contributed by atoms with E-state index in [1.807, 2.05) is 4.90 Å². The van der Waals surface area contributed by atoms with Crippen LogP contribution in [0.25, 0.3) is 0 Å². The van der Waals surface area contributed by atoms with Crippen LogP contribution in [0, 0.1) is 5.92 Å². The molecular weight excluding hydrogens is 270 g/mol. The number of rotatable bonds is 6. The molecule has 2 saturated heterocycles. The van der Waals surface area contributed by atoms with Crippen LogP contribution < -0.4 is 0 Å². The van der Waals surface area contributed by atoms with E-state index in [-0.39, 0.29) is 18.4 Å². The van der Waals surface area contributed by atoms with E-state index in [2.05, 4.69) is 0 Å². The lowest BCUT2D eigenvalue weighted by molar-refractivity contribution is -0.138. The van der Waals surface area contributed by atoms with Crippen LogP contribution in [0.5, 0.6) is 0 Å². The highest BCUT2D eigenvalue weighted by Crippen LogP contribution is 2.23. The van der Waals surface area contributed by atoms with Gasteiger partial charge in [-0.15, -0.1) is 0 Å². The number of likely N-dealkylation sites (tertiary alicyclic amines) is 1. The van der Waals surface area contributed by atoms with Gasteiger partial charge < -0.3 is 14.7 Å². The monoisotopic (exact) mass is 297 g/mol. The average Bonchev–Trinajstić information content (AvgIpc) is 2.52. The molecule has 1 unspecified atom stereocenters. The lowest BCUT2D eigenvalue weighted by Crippen LogP contribution is -2.39. The molecule has 0 saturated carbocycles. The molecule has 21 heavy (non-hydrogen) atoms. The Morgan fingerprint density at radius 2 is 1.81 bits per heavy atom. The minimum atomic E-state index is -0.721. The van der Waals surface area contributed by atoms with Crippen LogP contribution in [0.1, 0.15) is 57.8 Å². The third-order valence-corrected chi connectivity index (χ3v) is 4.69. The quantitative estimate of drug-likeness (QED) is 0.817. The summed E-state index contributed by atoms with van der Waals surface area (Å²) in [6, 6.07) is 0. The van der Waals surface area contributed by atoms with Crippen molar-refractivity contribution in [3.8, 4) is 0 Å². The summed E-state index contributed by atoms with van der Waals surface area (Å²) in [5.74, 6) is -0.0197. The summed E-state index contributed by atoms with van der Waals surface area (Å²) in [7, 11) is 0. The zero-order valence-corrected chi connectivity index (χ0v) is 12.8. The highest BCUT2D eigenvalue weighted by molar-refractivity contribution is 5.76. The molecular formula is C16H27NO4. The van der Waals surface area contributed by atoms with Crippen molar-refractivity contribution in [3.63, 3.8) is 0 Å². The van der Waals surface area contributed by atoms with Gasteiger partial charge in [-0.05, 0) is 50.9 Å². The molecule has 0 radical (unpaired) electrons. The van der Waals surface area contributed by atoms with E-state index in [1.165, 1.54) is 6.42 Å². The van der Waals surface area contributed by atoms with Crippen LogP contribution in [0.15, 0.2) is 0 Å². The molecule has 0 bridgehead atoms. The standard InChI is InChI=1S/C16H27NO4/c18-15(6-5-14-3-1-2-12-21-14)17-10-8-13(9-11-17)4-7-16(19)20/h13-14H,1-12H2,(H,19,20). The van der Waals surface area contributed by atoms with Crippen molar-refractivity contribution in [1.29, 1.82) is 0 Å². The summed E-state index contributed by atoms with van der Waals surface area (Å²) >= 11 is 0. The average molecular weight is 297 g/mol. The van der Waals surface area contributed by atoms with Crippen molar-refractivity contribution in [2.75, 3.05) is 19.7 Å². The van der Waals surface area contributed by atoms with Crippen LogP contribution in [-0.2, 0) is 14.3 Å². The molecule has 0 spiro atoms. The largest absolute Gasteiger partial charge is 0.481 e. The molecule has 0 aromatic rings. The summed E-state index contributed by atoms with van der Waals surface area (Å²) in [6.07, 6.45) is 8.04. The summed E-state index contributed by atoms with van der Waals surface area (Å²) in [5.41, 5.74) is 0. The number of carbonyl (C=O) groups is 2. The van der Waals surface area contributed by atoms with E-state index in [4.69, 9.17) is 9.84 Å². The van der Waals surface area contributed by atoms with Crippen molar-refractivity contribution in [1.82, 2.24) is 4.90 Å². The molecule has 2 heterocycles. The van der Waals surface area contributed by atoms with Crippen molar-refractivity contribution in [3.05, 3.63) is 0 Å². The zero-order valence-electron chi connectivity index (χ0n) is 12.8. The van der Waals surface area contributed by atoms with E-state index >= 15 is 0 Å². The van der Waals surface area contributed by atoms with Crippen molar-refractivity contribution in [2.45, 2.75) is 63.9 Å². The molecule has 1 atom stereocenters. The normalized spacial score (nSPS) is 24.0. The predicted molar refractivity (Wildman–Crippen MR) is 79.0 cm³/mol. The van der Waals surface area contributed by atoms with Gasteiger partial charge in [0.2, 0.25) is 5.91 Å². The van der Waals surface area contributed by atoms with Gasteiger partial charge in [0.15, 0.2) is 0 Å². The smallest absolute Gasteiger partial charge is 0.303 e. The van der Waals surface area contributed by atoms with E-state index in [0.717, 1.165) is 58.2 Å². The third kappa shape index (κ3) is 5.65. The Morgan fingerprint density at radius 1 is 1.05 bits per heavy atom. The van der Waals surface area contributed by atoms with Crippen LogP contribution in [0.3, 0.4) is 0 Å². The highest BCUT2D eigenvalue weighted by atomic mass is 16.5. The molecule has 0 aliphatic carbocycles. The Kier molecular flexibility index (Phi) is 6.49. The summed E-state index contributed by atoms with van der Waals surface area (Å²) in [4.78, 5) is 24.7. The number of amides is 1. The maximum atomic E-state index is 12.2. The Hall–Kier alpha value is -1.10. The molecule has 1 amide bonds. The fourth-order valence-corrected chi connectivity index (χ4v) is 3.28. The number of carboxylic acids is 1. The van der Waals surface area contributed by atoms with E-state index in [9.17, 15) is 9.59 Å². The Labute approximate surface area is 126 Å². The van der Waals surface area contributed by atoms with Crippen LogP contribution in [-0.4, -0.2) is 47.7 Å². The lowest BCUT2D eigenvalue weighted by Gasteiger charge is -2.32.